The Hall–Kier alpha value is -1.22. The molecule has 8 heteroatoms. The summed E-state index contributed by atoms with van der Waals surface area (Å²) in [6, 6.07) is 0.176. The molecule has 2 aromatic rings. The molecule has 0 aliphatic carbocycles. The van der Waals surface area contributed by atoms with Crippen molar-refractivity contribution in [3.05, 3.63) is 5.69 Å². The van der Waals surface area contributed by atoms with Crippen LogP contribution in [0.3, 0.4) is 0 Å². The van der Waals surface area contributed by atoms with Crippen molar-refractivity contribution in [2.24, 2.45) is 7.05 Å². The van der Waals surface area contributed by atoms with Gasteiger partial charge in [0.25, 0.3) is 0 Å². The number of ether oxygens (including phenoxy) is 1. The number of anilines is 1. The summed E-state index contributed by atoms with van der Waals surface area (Å²) >= 11 is 1.67. The number of aryl methyl sites for hydroxylation is 2. The van der Waals surface area contributed by atoms with Crippen LogP contribution in [0, 0.1) is 6.92 Å². The maximum absolute atomic E-state index is 10.4. The van der Waals surface area contributed by atoms with E-state index in [1.807, 2.05) is 18.7 Å². The molecule has 0 bridgehead atoms. The number of morpholine rings is 1. The third kappa shape index (κ3) is 2.30. The lowest BCUT2D eigenvalue weighted by atomic mass is 10.2. The van der Waals surface area contributed by atoms with Crippen LogP contribution in [0.5, 0.6) is 0 Å². The number of fused-ring (bicyclic) bond motifs is 1. The standard InChI is InChI=1S/C14H21N5O2S/c1-9-12-13(17(2)16-9)15-14(22-12)19-7-10(11(20)8-19)18-3-5-21-6-4-18/h10-11,20H,3-8H2,1-2H3/t10-,11-/m0/s1. The van der Waals surface area contributed by atoms with Gasteiger partial charge in [-0.3, -0.25) is 4.90 Å². The minimum absolute atomic E-state index is 0.176. The summed E-state index contributed by atoms with van der Waals surface area (Å²) in [6.07, 6.45) is -0.329. The summed E-state index contributed by atoms with van der Waals surface area (Å²) in [5, 5.41) is 15.8. The first-order valence-electron chi connectivity index (χ1n) is 7.68. The number of hydrogen-bond acceptors (Lipinski definition) is 7. The van der Waals surface area contributed by atoms with E-state index in [9.17, 15) is 5.11 Å². The van der Waals surface area contributed by atoms with Gasteiger partial charge in [0.1, 0.15) is 0 Å². The average molecular weight is 323 g/mol. The number of nitrogens with zero attached hydrogens (tertiary/aromatic N) is 5. The molecule has 120 valence electrons. The molecule has 2 saturated heterocycles. The molecule has 0 unspecified atom stereocenters. The molecule has 2 aliphatic heterocycles. The fourth-order valence-corrected chi connectivity index (χ4v) is 4.45. The SMILES string of the molecule is Cc1nn(C)c2nc(N3C[C@H](O)[C@@H](N4CCOCC4)C3)sc12. The van der Waals surface area contributed by atoms with E-state index in [0.29, 0.717) is 6.54 Å². The molecule has 2 fully saturated rings. The minimum Gasteiger partial charge on any atom is -0.390 e. The molecule has 0 spiro atoms. The zero-order valence-corrected chi connectivity index (χ0v) is 13.7. The van der Waals surface area contributed by atoms with Crippen molar-refractivity contribution in [3.63, 3.8) is 0 Å². The van der Waals surface area contributed by atoms with Gasteiger partial charge in [0.15, 0.2) is 10.8 Å². The molecule has 1 N–H and O–H groups in total. The Balaban J connectivity index is 1.56. The van der Waals surface area contributed by atoms with Gasteiger partial charge in [0.05, 0.1) is 35.8 Å². The van der Waals surface area contributed by atoms with E-state index in [1.165, 1.54) is 0 Å². The zero-order chi connectivity index (χ0) is 15.3. The summed E-state index contributed by atoms with van der Waals surface area (Å²) in [5.74, 6) is 0. The van der Waals surface area contributed by atoms with Crippen molar-refractivity contribution in [2.75, 3.05) is 44.3 Å². The third-order valence-electron chi connectivity index (χ3n) is 4.58. The van der Waals surface area contributed by atoms with E-state index in [1.54, 1.807) is 11.3 Å². The maximum atomic E-state index is 10.4. The highest BCUT2D eigenvalue weighted by atomic mass is 32.1. The predicted molar refractivity (Wildman–Crippen MR) is 85.5 cm³/mol. The Morgan fingerprint density at radius 1 is 1.27 bits per heavy atom. The lowest BCUT2D eigenvalue weighted by molar-refractivity contribution is -0.00588. The normalized spacial score (nSPS) is 27.1. The Labute approximate surface area is 133 Å². The van der Waals surface area contributed by atoms with Gasteiger partial charge < -0.3 is 14.7 Å². The van der Waals surface area contributed by atoms with Gasteiger partial charge in [-0.2, -0.15) is 5.10 Å². The summed E-state index contributed by atoms with van der Waals surface area (Å²) in [4.78, 5) is 9.26. The van der Waals surface area contributed by atoms with E-state index in [-0.39, 0.29) is 12.1 Å². The number of aromatic nitrogens is 3. The van der Waals surface area contributed by atoms with Crippen molar-refractivity contribution in [1.29, 1.82) is 0 Å². The summed E-state index contributed by atoms with van der Waals surface area (Å²) < 4.78 is 8.38. The highest BCUT2D eigenvalue weighted by Crippen LogP contribution is 2.33. The van der Waals surface area contributed by atoms with Gasteiger partial charge in [0.2, 0.25) is 0 Å². The highest BCUT2D eigenvalue weighted by molar-refractivity contribution is 7.22. The molecule has 2 atom stereocenters. The summed E-state index contributed by atoms with van der Waals surface area (Å²) in [6.45, 7) is 6.81. The Morgan fingerprint density at radius 3 is 2.77 bits per heavy atom. The Bertz CT molecular complexity index is 644. The van der Waals surface area contributed by atoms with Gasteiger partial charge in [-0.05, 0) is 6.92 Å². The van der Waals surface area contributed by atoms with Gasteiger partial charge in [-0.1, -0.05) is 11.3 Å². The quantitative estimate of drug-likeness (QED) is 0.853. The van der Waals surface area contributed by atoms with Crippen molar-refractivity contribution >= 4 is 26.8 Å². The Morgan fingerprint density at radius 2 is 2.05 bits per heavy atom. The number of aliphatic hydroxyl groups is 1. The molecule has 4 heterocycles. The second kappa shape index (κ2) is 5.45. The van der Waals surface area contributed by atoms with Crippen LogP contribution in [0.1, 0.15) is 5.69 Å². The molecule has 7 nitrogen and oxygen atoms in total. The van der Waals surface area contributed by atoms with Crippen LogP contribution in [-0.2, 0) is 11.8 Å². The Kier molecular flexibility index (Phi) is 3.56. The molecular weight excluding hydrogens is 302 g/mol. The number of rotatable bonds is 2. The fourth-order valence-electron chi connectivity index (χ4n) is 3.40. The smallest absolute Gasteiger partial charge is 0.188 e. The van der Waals surface area contributed by atoms with E-state index in [2.05, 4.69) is 14.9 Å². The average Bonchev–Trinajstić information content (AvgIpc) is 3.17. The monoisotopic (exact) mass is 323 g/mol. The first-order valence-corrected chi connectivity index (χ1v) is 8.50. The van der Waals surface area contributed by atoms with Crippen molar-refractivity contribution in [2.45, 2.75) is 19.1 Å². The second-order valence-corrected chi connectivity index (χ2v) is 7.02. The van der Waals surface area contributed by atoms with Crippen LogP contribution in [-0.4, -0.2) is 76.3 Å². The van der Waals surface area contributed by atoms with Crippen LogP contribution in [0.2, 0.25) is 0 Å². The molecular formula is C14H21N5O2S. The van der Waals surface area contributed by atoms with Gasteiger partial charge in [-0.25, -0.2) is 9.67 Å². The van der Waals surface area contributed by atoms with Gasteiger partial charge >= 0.3 is 0 Å². The number of aliphatic hydroxyl groups excluding tert-OH is 1. The molecule has 2 aromatic heterocycles. The highest BCUT2D eigenvalue weighted by Gasteiger charge is 2.37. The molecule has 0 radical (unpaired) electrons. The van der Waals surface area contributed by atoms with E-state index < -0.39 is 0 Å². The number of thiazole rings is 1. The first kappa shape index (κ1) is 14.4. The lowest BCUT2D eigenvalue weighted by Crippen LogP contribution is -2.48. The minimum atomic E-state index is -0.329. The van der Waals surface area contributed by atoms with Gasteiger partial charge in [-0.15, -0.1) is 0 Å². The second-order valence-electron chi connectivity index (χ2n) is 6.05. The van der Waals surface area contributed by atoms with Crippen LogP contribution in [0.25, 0.3) is 10.3 Å². The molecule has 0 amide bonds. The molecule has 0 aromatic carbocycles. The largest absolute Gasteiger partial charge is 0.390 e. The lowest BCUT2D eigenvalue weighted by Gasteiger charge is -2.33. The molecule has 22 heavy (non-hydrogen) atoms. The van der Waals surface area contributed by atoms with Crippen LogP contribution in [0.4, 0.5) is 5.13 Å². The zero-order valence-electron chi connectivity index (χ0n) is 12.9. The number of hydrogen-bond donors (Lipinski definition) is 1. The molecule has 4 rings (SSSR count). The maximum Gasteiger partial charge on any atom is 0.188 e. The van der Waals surface area contributed by atoms with E-state index >= 15 is 0 Å². The fraction of sp³-hybridized carbons (Fsp3) is 0.714. The summed E-state index contributed by atoms with van der Waals surface area (Å²) in [5.41, 5.74) is 1.95. The van der Waals surface area contributed by atoms with Crippen LogP contribution < -0.4 is 4.90 Å². The molecule has 0 saturated carbocycles. The summed E-state index contributed by atoms with van der Waals surface area (Å²) in [7, 11) is 1.92. The molecule has 2 aliphatic rings. The van der Waals surface area contributed by atoms with Crippen molar-refractivity contribution in [3.8, 4) is 0 Å². The van der Waals surface area contributed by atoms with Crippen LogP contribution >= 0.6 is 11.3 Å². The number of β-amino-alcohol motifs (C(OH)–C–C–N with tert-alkyl or cyclic N) is 1. The predicted octanol–water partition coefficient (Wildman–Crippen LogP) is 0.220. The van der Waals surface area contributed by atoms with E-state index in [4.69, 9.17) is 9.72 Å². The van der Waals surface area contributed by atoms with E-state index in [0.717, 1.165) is 54.0 Å². The van der Waals surface area contributed by atoms with Crippen LogP contribution in [0.15, 0.2) is 0 Å². The topological polar surface area (TPSA) is 66.7 Å². The van der Waals surface area contributed by atoms with Crippen molar-refractivity contribution in [1.82, 2.24) is 19.7 Å². The third-order valence-corrected chi connectivity index (χ3v) is 5.79. The first-order chi connectivity index (χ1) is 10.6. The van der Waals surface area contributed by atoms with Crippen molar-refractivity contribution < 1.29 is 9.84 Å². The van der Waals surface area contributed by atoms with Gasteiger partial charge in [0, 0.05) is 33.2 Å².